The third-order valence-corrected chi connectivity index (χ3v) is 1.94. The molecule has 1 aromatic heterocycles. The Morgan fingerprint density at radius 2 is 2.54 bits per heavy atom. The van der Waals surface area contributed by atoms with Gasteiger partial charge < -0.3 is 11.1 Å². The maximum atomic E-state index is 10.7. The summed E-state index contributed by atoms with van der Waals surface area (Å²) >= 11 is 0. The van der Waals surface area contributed by atoms with E-state index in [1.54, 1.807) is 17.8 Å². The van der Waals surface area contributed by atoms with E-state index in [4.69, 9.17) is 5.73 Å². The number of carbonyl (C=O) groups excluding carboxylic acids is 1. The SMILES string of the molecule is CC(NCc1ccnn1C)C(N)=O. The van der Waals surface area contributed by atoms with E-state index in [0.29, 0.717) is 6.54 Å². The second kappa shape index (κ2) is 4.04. The molecule has 1 rings (SSSR count). The summed E-state index contributed by atoms with van der Waals surface area (Å²) in [5, 5.41) is 6.99. The fourth-order valence-corrected chi connectivity index (χ4v) is 0.933. The highest BCUT2D eigenvalue weighted by Gasteiger charge is 2.07. The molecule has 1 amide bonds. The minimum absolute atomic E-state index is 0.310. The summed E-state index contributed by atoms with van der Waals surface area (Å²) in [4.78, 5) is 10.7. The molecule has 1 unspecified atom stereocenters. The molecule has 13 heavy (non-hydrogen) atoms. The second-order valence-electron chi connectivity index (χ2n) is 2.95. The molecule has 3 N–H and O–H groups in total. The van der Waals surface area contributed by atoms with Crippen LogP contribution in [0.4, 0.5) is 0 Å². The molecule has 5 heteroatoms. The lowest BCUT2D eigenvalue weighted by molar-refractivity contribution is -0.119. The first-order valence-electron chi connectivity index (χ1n) is 4.11. The molecule has 5 nitrogen and oxygen atoms in total. The number of nitrogens with one attached hydrogen (secondary N) is 1. The van der Waals surface area contributed by atoms with E-state index >= 15 is 0 Å². The molecule has 0 spiro atoms. The van der Waals surface area contributed by atoms with Gasteiger partial charge in [-0.15, -0.1) is 0 Å². The molecule has 0 bridgehead atoms. The number of hydrogen-bond acceptors (Lipinski definition) is 3. The van der Waals surface area contributed by atoms with Crippen molar-refractivity contribution in [1.29, 1.82) is 0 Å². The molecule has 0 saturated carbocycles. The zero-order valence-corrected chi connectivity index (χ0v) is 7.82. The molecule has 0 saturated heterocycles. The monoisotopic (exact) mass is 182 g/mol. The number of amides is 1. The van der Waals surface area contributed by atoms with Crippen LogP contribution in [0, 0.1) is 0 Å². The summed E-state index contributed by atoms with van der Waals surface area (Å²) < 4.78 is 1.75. The smallest absolute Gasteiger partial charge is 0.234 e. The molecule has 1 heterocycles. The van der Waals surface area contributed by atoms with E-state index in [1.165, 1.54) is 0 Å². The number of hydrogen-bond donors (Lipinski definition) is 2. The molecule has 0 aliphatic heterocycles. The summed E-state index contributed by atoms with van der Waals surface area (Å²) in [6, 6.07) is 1.58. The average molecular weight is 182 g/mol. The standard InChI is InChI=1S/C8H14N4O/c1-6(8(9)13)10-5-7-3-4-11-12(7)2/h3-4,6,10H,5H2,1-2H3,(H2,9,13). The molecule has 0 aliphatic rings. The van der Waals surface area contributed by atoms with Gasteiger partial charge in [-0.3, -0.25) is 9.48 Å². The Bertz CT molecular complexity index is 294. The number of nitrogens with two attached hydrogens (primary N) is 1. The van der Waals surface area contributed by atoms with Gasteiger partial charge in [-0.05, 0) is 13.0 Å². The van der Waals surface area contributed by atoms with Gasteiger partial charge in [0.15, 0.2) is 0 Å². The molecule has 0 aliphatic carbocycles. The number of aryl methyl sites for hydroxylation is 1. The van der Waals surface area contributed by atoms with Crippen LogP contribution in [0.2, 0.25) is 0 Å². The van der Waals surface area contributed by atoms with Crippen LogP contribution in [-0.4, -0.2) is 21.7 Å². The fourth-order valence-electron chi connectivity index (χ4n) is 0.933. The van der Waals surface area contributed by atoms with Crippen LogP contribution in [0.15, 0.2) is 12.3 Å². The lowest BCUT2D eigenvalue weighted by Crippen LogP contribution is -2.38. The van der Waals surface area contributed by atoms with Gasteiger partial charge in [-0.25, -0.2) is 0 Å². The maximum Gasteiger partial charge on any atom is 0.234 e. The fraction of sp³-hybridized carbons (Fsp3) is 0.500. The first-order valence-corrected chi connectivity index (χ1v) is 4.11. The topological polar surface area (TPSA) is 72.9 Å². The van der Waals surface area contributed by atoms with Crippen molar-refractivity contribution in [3.05, 3.63) is 18.0 Å². The Morgan fingerprint density at radius 3 is 3.00 bits per heavy atom. The van der Waals surface area contributed by atoms with Gasteiger partial charge in [-0.2, -0.15) is 5.10 Å². The largest absolute Gasteiger partial charge is 0.368 e. The predicted octanol–water partition coefficient (Wildman–Crippen LogP) is -0.617. The number of carbonyl (C=O) groups is 1. The zero-order valence-electron chi connectivity index (χ0n) is 7.82. The molecule has 0 fully saturated rings. The van der Waals surface area contributed by atoms with E-state index in [-0.39, 0.29) is 11.9 Å². The van der Waals surface area contributed by atoms with Gasteiger partial charge in [0.25, 0.3) is 0 Å². The molecular weight excluding hydrogens is 168 g/mol. The van der Waals surface area contributed by atoms with E-state index in [2.05, 4.69) is 10.4 Å². The Labute approximate surface area is 76.9 Å². The lowest BCUT2D eigenvalue weighted by atomic mass is 10.3. The highest BCUT2D eigenvalue weighted by Crippen LogP contribution is 1.95. The number of aromatic nitrogens is 2. The van der Waals surface area contributed by atoms with E-state index < -0.39 is 0 Å². The zero-order chi connectivity index (χ0) is 9.84. The quantitative estimate of drug-likeness (QED) is 0.652. The molecular formula is C8H14N4O. The van der Waals surface area contributed by atoms with Crippen LogP contribution in [0.3, 0.4) is 0 Å². The van der Waals surface area contributed by atoms with Crippen molar-refractivity contribution in [2.24, 2.45) is 12.8 Å². The molecule has 72 valence electrons. The highest BCUT2D eigenvalue weighted by atomic mass is 16.1. The molecule has 0 radical (unpaired) electrons. The van der Waals surface area contributed by atoms with Gasteiger partial charge in [0, 0.05) is 19.8 Å². The minimum Gasteiger partial charge on any atom is -0.368 e. The Kier molecular flexibility index (Phi) is 3.02. The van der Waals surface area contributed by atoms with Crippen molar-refractivity contribution in [2.75, 3.05) is 0 Å². The summed E-state index contributed by atoms with van der Waals surface area (Å²) in [6.07, 6.45) is 1.71. The summed E-state index contributed by atoms with van der Waals surface area (Å²) in [5.74, 6) is -0.345. The van der Waals surface area contributed by atoms with Gasteiger partial charge in [0.2, 0.25) is 5.91 Å². The molecule has 0 aromatic carbocycles. The third-order valence-electron chi connectivity index (χ3n) is 1.94. The number of rotatable bonds is 4. The Hall–Kier alpha value is -1.36. The van der Waals surface area contributed by atoms with Crippen LogP contribution in [0.5, 0.6) is 0 Å². The van der Waals surface area contributed by atoms with Crippen LogP contribution in [0.25, 0.3) is 0 Å². The van der Waals surface area contributed by atoms with Crippen LogP contribution in [0.1, 0.15) is 12.6 Å². The molecule has 1 atom stereocenters. The van der Waals surface area contributed by atoms with E-state index in [0.717, 1.165) is 5.69 Å². The number of nitrogens with zero attached hydrogens (tertiary/aromatic N) is 2. The molecule has 1 aromatic rings. The van der Waals surface area contributed by atoms with Gasteiger partial charge in [0.1, 0.15) is 0 Å². The van der Waals surface area contributed by atoms with E-state index in [9.17, 15) is 4.79 Å². The summed E-state index contributed by atoms with van der Waals surface area (Å²) in [7, 11) is 1.85. The maximum absolute atomic E-state index is 10.7. The van der Waals surface area contributed by atoms with Crippen molar-refractivity contribution in [3.63, 3.8) is 0 Å². The normalized spacial score (nSPS) is 12.8. The van der Waals surface area contributed by atoms with Gasteiger partial charge in [0.05, 0.1) is 11.7 Å². The average Bonchev–Trinajstić information content (AvgIpc) is 2.47. The van der Waals surface area contributed by atoms with Gasteiger partial charge >= 0.3 is 0 Å². The second-order valence-corrected chi connectivity index (χ2v) is 2.95. The van der Waals surface area contributed by atoms with Crippen LogP contribution < -0.4 is 11.1 Å². The lowest BCUT2D eigenvalue weighted by Gasteiger charge is -2.09. The Morgan fingerprint density at radius 1 is 1.85 bits per heavy atom. The summed E-state index contributed by atoms with van der Waals surface area (Å²) in [5.41, 5.74) is 6.11. The van der Waals surface area contributed by atoms with Crippen molar-refractivity contribution < 1.29 is 4.79 Å². The minimum atomic E-state index is -0.345. The van der Waals surface area contributed by atoms with Crippen LogP contribution in [-0.2, 0) is 18.4 Å². The van der Waals surface area contributed by atoms with Crippen LogP contribution >= 0.6 is 0 Å². The first kappa shape index (κ1) is 9.73. The van der Waals surface area contributed by atoms with Crippen molar-refractivity contribution in [1.82, 2.24) is 15.1 Å². The first-order chi connectivity index (χ1) is 6.11. The van der Waals surface area contributed by atoms with Crippen molar-refractivity contribution >= 4 is 5.91 Å². The third kappa shape index (κ3) is 2.55. The predicted molar refractivity (Wildman–Crippen MR) is 48.7 cm³/mol. The van der Waals surface area contributed by atoms with Crippen molar-refractivity contribution in [3.8, 4) is 0 Å². The van der Waals surface area contributed by atoms with Crippen molar-refractivity contribution in [2.45, 2.75) is 19.5 Å². The number of primary amides is 1. The summed E-state index contributed by atoms with van der Waals surface area (Å²) in [6.45, 7) is 2.33. The van der Waals surface area contributed by atoms with E-state index in [1.807, 2.05) is 13.1 Å². The Balaban J connectivity index is 2.44. The van der Waals surface area contributed by atoms with Gasteiger partial charge in [-0.1, -0.05) is 0 Å². The highest BCUT2D eigenvalue weighted by molar-refractivity contribution is 5.79.